The van der Waals surface area contributed by atoms with Gasteiger partial charge in [-0.1, -0.05) is 12.1 Å². The molecule has 3 nitrogen and oxygen atoms in total. The molecule has 1 unspecified atom stereocenters. The van der Waals surface area contributed by atoms with Crippen molar-refractivity contribution >= 4 is 17.3 Å². The van der Waals surface area contributed by atoms with Crippen LogP contribution >= 0.6 is 11.3 Å². The second kappa shape index (κ2) is 6.37. The van der Waals surface area contributed by atoms with Crippen LogP contribution in [-0.4, -0.2) is 23.7 Å². The Bertz CT molecular complexity index is 308. The van der Waals surface area contributed by atoms with E-state index in [1.807, 2.05) is 17.5 Å². The van der Waals surface area contributed by atoms with Gasteiger partial charge in [-0.2, -0.15) is 0 Å². The molecule has 1 atom stereocenters. The molecule has 0 aromatic carbocycles. The van der Waals surface area contributed by atoms with E-state index in [2.05, 4.69) is 11.9 Å². The molecule has 0 amide bonds. The van der Waals surface area contributed by atoms with E-state index in [0.29, 0.717) is 6.54 Å². The zero-order valence-electron chi connectivity index (χ0n) is 8.48. The summed E-state index contributed by atoms with van der Waals surface area (Å²) in [5.41, 5.74) is 0. The lowest BCUT2D eigenvalue weighted by atomic mass is 10.1. The van der Waals surface area contributed by atoms with Crippen molar-refractivity contribution in [1.82, 2.24) is 5.32 Å². The van der Waals surface area contributed by atoms with Crippen LogP contribution in [0.1, 0.15) is 11.3 Å². The maximum atomic E-state index is 10.6. The van der Waals surface area contributed by atoms with Crippen molar-refractivity contribution in [2.75, 3.05) is 6.54 Å². The predicted octanol–water partition coefficient (Wildman–Crippen LogP) is 1.91. The molecule has 0 fully saturated rings. The predicted molar refractivity (Wildman–Crippen MR) is 62.3 cm³/mol. The van der Waals surface area contributed by atoms with Gasteiger partial charge in [-0.3, -0.25) is 4.79 Å². The molecular formula is C11H15NO2S. The molecule has 1 aromatic rings. The summed E-state index contributed by atoms with van der Waals surface area (Å²) in [4.78, 5) is 11.8. The third-order valence-electron chi connectivity index (χ3n) is 2.00. The van der Waals surface area contributed by atoms with Gasteiger partial charge in [-0.25, -0.2) is 0 Å². The number of nitrogens with one attached hydrogen (secondary N) is 1. The summed E-state index contributed by atoms with van der Waals surface area (Å²) in [6, 6.07) is 3.99. The van der Waals surface area contributed by atoms with Gasteiger partial charge in [0, 0.05) is 17.5 Å². The Hall–Kier alpha value is -1.13. The number of aliphatic carboxylic acids is 1. The van der Waals surface area contributed by atoms with Gasteiger partial charge in [0.1, 0.15) is 0 Å². The number of rotatable bonds is 7. The fourth-order valence-corrected chi connectivity index (χ4v) is 2.14. The normalized spacial score (nSPS) is 12.3. The van der Waals surface area contributed by atoms with E-state index in [9.17, 15) is 4.79 Å². The minimum absolute atomic E-state index is 0.0147. The second-order valence-electron chi connectivity index (χ2n) is 3.28. The standard InChI is InChI=1S/C11H15NO2S/c1-2-5-12-9(8-11(13)14)7-10-4-3-6-15-10/h2-4,6,9,12H,1,5,7-8H2,(H,13,14). The van der Waals surface area contributed by atoms with Crippen LogP contribution in [0.2, 0.25) is 0 Å². The van der Waals surface area contributed by atoms with E-state index in [4.69, 9.17) is 5.11 Å². The van der Waals surface area contributed by atoms with Gasteiger partial charge < -0.3 is 10.4 Å². The average Bonchev–Trinajstić information content (AvgIpc) is 2.66. The first-order valence-electron chi connectivity index (χ1n) is 4.81. The number of carbonyl (C=O) groups is 1. The van der Waals surface area contributed by atoms with Crippen molar-refractivity contribution in [3.8, 4) is 0 Å². The summed E-state index contributed by atoms with van der Waals surface area (Å²) in [5, 5.41) is 13.9. The smallest absolute Gasteiger partial charge is 0.304 e. The molecule has 0 aliphatic heterocycles. The van der Waals surface area contributed by atoms with Crippen LogP contribution in [0.15, 0.2) is 30.2 Å². The topological polar surface area (TPSA) is 49.3 Å². The van der Waals surface area contributed by atoms with Gasteiger partial charge in [0.2, 0.25) is 0 Å². The quantitative estimate of drug-likeness (QED) is 0.697. The molecule has 82 valence electrons. The van der Waals surface area contributed by atoms with Gasteiger partial charge in [0.25, 0.3) is 0 Å². The molecule has 0 bridgehead atoms. The van der Waals surface area contributed by atoms with Gasteiger partial charge in [0.15, 0.2) is 0 Å². The van der Waals surface area contributed by atoms with Crippen LogP contribution in [0.4, 0.5) is 0 Å². The fourth-order valence-electron chi connectivity index (χ4n) is 1.35. The molecule has 0 aliphatic carbocycles. The Balaban J connectivity index is 2.47. The highest BCUT2D eigenvalue weighted by Gasteiger charge is 2.12. The highest BCUT2D eigenvalue weighted by Crippen LogP contribution is 2.12. The van der Waals surface area contributed by atoms with Crippen LogP contribution in [0.3, 0.4) is 0 Å². The first-order valence-corrected chi connectivity index (χ1v) is 5.68. The molecule has 0 saturated heterocycles. The molecule has 2 N–H and O–H groups in total. The Morgan fingerprint density at radius 2 is 2.53 bits per heavy atom. The van der Waals surface area contributed by atoms with E-state index in [1.165, 1.54) is 4.88 Å². The van der Waals surface area contributed by atoms with Crippen LogP contribution in [0, 0.1) is 0 Å². The van der Waals surface area contributed by atoms with Gasteiger partial charge in [-0.15, -0.1) is 17.9 Å². The molecule has 1 rings (SSSR count). The summed E-state index contributed by atoms with van der Waals surface area (Å²) in [6.45, 7) is 4.24. The van der Waals surface area contributed by atoms with Crippen molar-refractivity contribution in [2.45, 2.75) is 18.9 Å². The summed E-state index contributed by atoms with van der Waals surface area (Å²) < 4.78 is 0. The first-order chi connectivity index (χ1) is 7.22. The molecule has 0 spiro atoms. The van der Waals surface area contributed by atoms with E-state index in [0.717, 1.165) is 6.42 Å². The summed E-state index contributed by atoms with van der Waals surface area (Å²) in [6.07, 6.45) is 2.65. The maximum absolute atomic E-state index is 10.6. The zero-order valence-corrected chi connectivity index (χ0v) is 9.30. The Kier molecular flexibility index (Phi) is 5.07. The fraction of sp³-hybridized carbons (Fsp3) is 0.364. The molecule has 0 saturated carbocycles. The Morgan fingerprint density at radius 1 is 1.73 bits per heavy atom. The van der Waals surface area contributed by atoms with Gasteiger partial charge in [-0.05, 0) is 17.9 Å². The molecule has 15 heavy (non-hydrogen) atoms. The minimum Gasteiger partial charge on any atom is -0.481 e. The Labute approximate surface area is 93.4 Å². The highest BCUT2D eigenvalue weighted by molar-refractivity contribution is 7.09. The van der Waals surface area contributed by atoms with Gasteiger partial charge >= 0.3 is 5.97 Å². The number of hydrogen-bond acceptors (Lipinski definition) is 3. The number of carboxylic acids is 1. The molecule has 0 aliphatic rings. The number of thiophene rings is 1. The van der Waals surface area contributed by atoms with Crippen molar-refractivity contribution in [3.05, 3.63) is 35.0 Å². The van der Waals surface area contributed by atoms with Gasteiger partial charge in [0.05, 0.1) is 6.42 Å². The van der Waals surface area contributed by atoms with E-state index >= 15 is 0 Å². The third kappa shape index (κ3) is 4.76. The van der Waals surface area contributed by atoms with E-state index in [-0.39, 0.29) is 12.5 Å². The van der Waals surface area contributed by atoms with Crippen molar-refractivity contribution < 1.29 is 9.90 Å². The molecule has 0 radical (unpaired) electrons. The molecule has 1 heterocycles. The van der Waals surface area contributed by atoms with Crippen molar-refractivity contribution in [2.24, 2.45) is 0 Å². The second-order valence-corrected chi connectivity index (χ2v) is 4.31. The maximum Gasteiger partial charge on any atom is 0.304 e. The summed E-state index contributed by atoms with van der Waals surface area (Å²) in [5.74, 6) is -0.770. The lowest BCUT2D eigenvalue weighted by molar-refractivity contribution is -0.137. The summed E-state index contributed by atoms with van der Waals surface area (Å²) >= 11 is 1.65. The molecule has 4 heteroatoms. The highest BCUT2D eigenvalue weighted by atomic mass is 32.1. The van der Waals surface area contributed by atoms with Crippen LogP contribution in [0.25, 0.3) is 0 Å². The van der Waals surface area contributed by atoms with Crippen LogP contribution in [-0.2, 0) is 11.2 Å². The monoisotopic (exact) mass is 225 g/mol. The lowest BCUT2D eigenvalue weighted by Crippen LogP contribution is -2.33. The summed E-state index contributed by atoms with van der Waals surface area (Å²) in [7, 11) is 0. The van der Waals surface area contributed by atoms with Crippen molar-refractivity contribution in [1.29, 1.82) is 0 Å². The molecule has 1 aromatic heterocycles. The number of hydrogen-bond donors (Lipinski definition) is 2. The average molecular weight is 225 g/mol. The van der Waals surface area contributed by atoms with E-state index < -0.39 is 5.97 Å². The van der Waals surface area contributed by atoms with Crippen LogP contribution < -0.4 is 5.32 Å². The van der Waals surface area contributed by atoms with Crippen molar-refractivity contribution in [3.63, 3.8) is 0 Å². The van der Waals surface area contributed by atoms with Crippen LogP contribution in [0.5, 0.6) is 0 Å². The number of carboxylic acid groups (broad SMARTS) is 1. The Morgan fingerprint density at radius 3 is 3.07 bits per heavy atom. The molecular weight excluding hydrogens is 210 g/mol. The SMILES string of the molecule is C=CCNC(CC(=O)O)Cc1cccs1. The lowest BCUT2D eigenvalue weighted by Gasteiger charge is -2.14. The zero-order chi connectivity index (χ0) is 11.1. The largest absolute Gasteiger partial charge is 0.481 e. The van der Waals surface area contributed by atoms with E-state index in [1.54, 1.807) is 17.4 Å². The third-order valence-corrected chi connectivity index (χ3v) is 2.90. The minimum atomic E-state index is -0.770. The first kappa shape index (κ1) is 11.9.